The summed E-state index contributed by atoms with van der Waals surface area (Å²) in [4.78, 5) is 12.7. The zero-order chi connectivity index (χ0) is 21.5. The number of carbonyl (C=O) groups is 1. The maximum Gasteiger partial charge on any atom is 0.235 e. The largest absolute Gasteiger partial charge is 0.352 e. The highest BCUT2D eigenvalue weighted by atomic mass is 32.2. The number of hydrogen-bond acceptors (Lipinski definition) is 4. The summed E-state index contributed by atoms with van der Waals surface area (Å²) in [6.07, 6.45) is 7.64. The number of hydrogen-bond donors (Lipinski definition) is 1. The molecular weight excluding hydrogens is 398 g/mol. The van der Waals surface area contributed by atoms with Gasteiger partial charge in [0.25, 0.3) is 0 Å². The van der Waals surface area contributed by atoms with Crippen molar-refractivity contribution in [3.8, 4) is 6.07 Å². The van der Waals surface area contributed by atoms with Crippen LogP contribution in [0.2, 0.25) is 0 Å². The lowest BCUT2D eigenvalue weighted by molar-refractivity contribution is -0.125. The monoisotopic (exact) mass is 429 g/mol. The van der Waals surface area contributed by atoms with Gasteiger partial charge in [-0.05, 0) is 80.2 Å². The van der Waals surface area contributed by atoms with Crippen LogP contribution in [-0.4, -0.2) is 38.3 Å². The van der Waals surface area contributed by atoms with Gasteiger partial charge >= 0.3 is 0 Å². The highest BCUT2D eigenvalue weighted by Gasteiger charge is 2.53. The van der Waals surface area contributed by atoms with Gasteiger partial charge in [-0.3, -0.25) is 4.79 Å². The summed E-state index contributed by atoms with van der Waals surface area (Å²) in [5.41, 5.74) is 0.983. The van der Waals surface area contributed by atoms with Gasteiger partial charge in [0.1, 0.15) is 0 Å². The van der Waals surface area contributed by atoms with E-state index in [9.17, 15) is 18.5 Å². The Kier molecular flexibility index (Phi) is 5.67. The molecule has 0 radical (unpaired) electrons. The zero-order valence-corrected chi connectivity index (χ0v) is 18.6. The summed E-state index contributed by atoms with van der Waals surface area (Å²) >= 11 is 0. The smallest absolute Gasteiger partial charge is 0.235 e. The second kappa shape index (κ2) is 7.97. The molecule has 0 aliphatic heterocycles. The van der Waals surface area contributed by atoms with Crippen molar-refractivity contribution < 1.29 is 13.2 Å². The minimum absolute atomic E-state index is 0.0637. The van der Waals surface area contributed by atoms with Crippen molar-refractivity contribution in [1.29, 1.82) is 5.26 Å². The molecule has 162 valence electrons. The van der Waals surface area contributed by atoms with E-state index in [4.69, 9.17) is 0 Å². The molecule has 1 aromatic carbocycles. The number of benzene rings is 1. The Bertz CT molecular complexity index is 931. The molecule has 4 fully saturated rings. The van der Waals surface area contributed by atoms with Crippen LogP contribution in [0.5, 0.6) is 0 Å². The summed E-state index contributed by atoms with van der Waals surface area (Å²) in [5, 5.41) is 12.3. The van der Waals surface area contributed by atoms with Crippen LogP contribution in [-0.2, 0) is 20.6 Å². The van der Waals surface area contributed by atoms with Crippen molar-refractivity contribution in [3.63, 3.8) is 0 Å². The fraction of sp³-hybridized carbons (Fsp3) is 0.652. The number of amides is 1. The molecule has 30 heavy (non-hydrogen) atoms. The van der Waals surface area contributed by atoms with Gasteiger partial charge in [-0.1, -0.05) is 18.2 Å². The lowest BCUT2D eigenvalue weighted by Gasteiger charge is -2.59. The molecule has 0 saturated heterocycles. The summed E-state index contributed by atoms with van der Waals surface area (Å²) < 4.78 is 26.6. The third kappa shape index (κ3) is 4.13. The number of rotatable bonds is 7. The van der Waals surface area contributed by atoms with Gasteiger partial charge in [-0.25, -0.2) is 8.42 Å². The maximum atomic E-state index is 12.7. The van der Waals surface area contributed by atoms with Gasteiger partial charge in [0, 0.05) is 13.1 Å². The number of sulfonamides is 1. The Morgan fingerprint density at radius 2 is 1.77 bits per heavy atom. The van der Waals surface area contributed by atoms with Crippen LogP contribution in [0.3, 0.4) is 0 Å². The van der Waals surface area contributed by atoms with Crippen LogP contribution < -0.4 is 5.32 Å². The van der Waals surface area contributed by atoms with E-state index in [1.807, 2.05) is 6.07 Å². The van der Waals surface area contributed by atoms with E-state index in [0.29, 0.717) is 11.1 Å². The highest BCUT2D eigenvalue weighted by Crippen LogP contribution is 2.61. The van der Waals surface area contributed by atoms with Crippen molar-refractivity contribution in [2.45, 2.75) is 57.2 Å². The predicted octanol–water partition coefficient (Wildman–Crippen LogP) is 3.04. The van der Waals surface area contributed by atoms with E-state index in [1.54, 1.807) is 24.3 Å². The quantitative estimate of drug-likeness (QED) is 0.721. The van der Waals surface area contributed by atoms with E-state index >= 15 is 0 Å². The van der Waals surface area contributed by atoms with Gasteiger partial charge in [0.2, 0.25) is 15.9 Å². The van der Waals surface area contributed by atoms with Crippen molar-refractivity contribution in [2.75, 3.05) is 13.6 Å². The van der Waals surface area contributed by atoms with Crippen molar-refractivity contribution in [1.82, 2.24) is 9.62 Å². The molecule has 4 aliphatic rings. The lowest BCUT2D eigenvalue weighted by Crippen LogP contribution is -2.56. The van der Waals surface area contributed by atoms with Crippen LogP contribution >= 0.6 is 0 Å². The van der Waals surface area contributed by atoms with Crippen molar-refractivity contribution in [2.24, 2.45) is 23.2 Å². The molecule has 4 saturated carbocycles. The number of likely N-dealkylation sites (N-methyl/N-ethyl adjacent to an activating group) is 1. The second-order valence-corrected chi connectivity index (χ2v) is 11.9. The molecular formula is C23H31N3O3S. The fourth-order valence-corrected chi connectivity index (χ4v) is 7.69. The molecule has 7 heteroatoms. The van der Waals surface area contributed by atoms with E-state index in [1.165, 1.54) is 45.6 Å². The maximum absolute atomic E-state index is 12.7. The van der Waals surface area contributed by atoms with Crippen LogP contribution in [0.4, 0.5) is 0 Å². The van der Waals surface area contributed by atoms with Crippen LogP contribution in [0.25, 0.3) is 0 Å². The molecule has 4 aliphatic carbocycles. The second-order valence-electron chi connectivity index (χ2n) is 9.85. The van der Waals surface area contributed by atoms with Crippen LogP contribution in [0.15, 0.2) is 24.3 Å². The lowest BCUT2D eigenvalue weighted by atomic mass is 9.48. The van der Waals surface area contributed by atoms with E-state index in [0.717, 1.165) is 22.1 Å². The first kappa shape index (κ1) is 21.3. The number of nitrogens with zero attached hydrogens (tertiary/aromatic N) is 2. The molecule has 6 nitrogen and oxygen atoms in total. The molecule has 1 aromatic rings. The Morgan fingerprint density at radius 1 is 1.20 bits per heavy atom. The highest BCUT2D eigenvalue weighted by molar-refractivity contribution is 7.88. The average molecular weight is 430 g/mol. The SMILES string of the molecule is CC(NC(=O)CN(C)S(=O)(=O)Cc1ccccc1C#N)C12CC3CC(CC(C3)C1)C2. The summed E-state index contributed by atoms with van der Waals surface area (Å²) in [6, 6.07) is 8.75. The molecule has 1 unspecified atom stereocenters. The first-order valence-electron chi connectivity index (χ1n) is 10.9. The predicted molar refractivity (Wildman–Crippen MR) is 115 cm³/mol. The van der Waals surface area contributed by atoms with Gasteiger partial charge < -0.3 is 5.32 Å². The first-order chi connectivity index (χ1) is 14.2. The third-order valence-electron chi connectivity index (χ3n) is 7.70. The Hall–Kier alpha value is -1.91. The molecule has 1 N–H and O–H groups in total. The molecule has 0 heterocycles. The topological polar surface area (TPSA) is 90.3 Å². The standard InChI is InChI=1S/C23H31N3O3S/c1-16(23-10-17-7-18(11-23)9-19(8-17)12-23)25-22(27)14-26(2)30(28,29)15-21-6-4-3-5-20(21)13-24/h3-6,16-19H,7-12,14-15H2,1-2H3,(H,25,27). The summed E-state index contributed by atoms with van der Waals surface area (Å²) in [7, 11) is -2.27. The van der Waals surface area contributed by atoms with Gasteiger partial charge in [0.15, 0.2) is 0 Å². The average Bonchev–Trinajstić information content (AvgIpc) is 2.67. The first-order valence-corrected chi connectivity index (χ1v) is 12.5. The molecule has 4 bridgehead atoms. The molecule has 1 amide bonds. The minimum Gasteiger partial charge on any atom is -0.352 e. The van der Waals surface area contributed by atoms with Crippen molar-refractivity contribution >= 4 is 15.9 Å². The number of nitriles is 1. The number of nitrogens with one attached hydrogen (secondary N) is 1. The number of carbonyl (C=O) groups excluding carboxylic acids is 1. The van der Waals surface area contributed by atoms with Crippen molar-refractivity contribution in [3.05, 3.63) is 35.4 Å². The molecule has 1 atom stereocenters. The van der Waals surface area contributed by atoms with Gasteiger partial charge in [-0.2, -0.15) is 9.57 Å². The molecule has 0 spiro atoms. The zero-order valence-electron chi connectivity index (χ0n) is 17.8. The van der Waals surface area contributed by atoms with Gasteiger partial charge in [-0.15, -0.1) is 0 Å². The fourth-order valence-electron chi connectivity index (χ4n) is 6.51. The van der Waals surface area contributed by atoms with Crippen LogP contribution in [0, 0.1) is 34.5 Å². The van der Waals surface area contributed by atoms with E-state index < -0.39 is 10.0 Å². The van der Waals surface area contributed by atoms with E-state index in [2.05, 4.69) is 12.2 Å². The normalized spacial score (nSPS) is 30.8. The minimum atomic E-state index is -3.70. The Morgan fingerprint density at radius 3 is 2.33 bits per heavy atom. The Labute approximate surface area is 179 Å². The third-order valence-corrected chi connectivity index (χ3v) is 9.45. The summed E-state index contributed by atoms with van der Waals surface area (Å²) in [6.45, 7) is 1.90. The van der Waals surface area contributed by atoms with Crippen LogP contribution in [0.1, 0.15) is 56.6 Å². The van der Waals surface area contributed by atoms with E-state index in [-0.39, 0.29) is 29.7 Å². The van der Waals surface area contributed by atoms with Gasteiger partial charge in [0.05, 0.1) is 23.9 Å². The molecule has 0 aromatic heterocycles. The Balaban J connectivity index is 1.37. The summed E-state index contributed by atoms with van der Waals surface area (Å²) in [5.74, 6) is 1.87. The molecule has 5 rings (SSSR count).